The van der Waals surface area contributed by atoms with E-state index in [1.807, 2.05) is 97.1 Å². The average molecular weight is 815 g/mol. The van der Waals surface area contributed by atoms with Gasteiger partial charge in [-0.25, -0.2) is 19.6 Å². The number of aromatic nitrogens is 4. The number of hydrogen-bond acceptors (Lipinski definition) is 8. The molecule has 0 spiro atoms. The van der Waals surface area contributed by atoms with Gasteiger partial charge in [-0.15, -0.1) is 0 Å². The lowest BCUT2D eigenvalue weighted by Gasteiger charge is -2.08. The van der Waals surface area contributed by atoms with E-state index in [1.54, 1.807) is 62.4 Å². The Balaban J connectivity index is 1.40. The van der Waals surface area contributed by atoms with Crippen LogP contribution in [0.25, 0.3) is 90.9 Å². The number of carbonyl (C=O) groups excluding carboxylic acids is 4. The second kappa shape index (κ2) is 16.8. The number of fused-ring (bicyclic) bond motifs is 8. The summed E-state index contributed by atoms with van der Waals surface area (Å²) in [6.45, 7) is 4.08. The Kier molecular flexibility index (Phi) is 10.6. The minimum absolute atomic E-state index is 0.266. The topological polar surface area (TPSA) is 144 Å². The van der Waals surface area contributed by atoms with Crippen LogP contribution in [-0.4, -0.2) is 57.7 Å². The molecule has 0 atom stereocenters. The summed E-state index contributed by atoms with van der Waals surface area (Å²) >= 11 is 0. The van der Waals surface area contributed by atoms with Gasteiger partial charge in [0.15, 0.2) is 0 Å². The van der Waals surface area contributed by atoms with Crippen molar-refractivity contribution < 1.29 is 28.7 Å². The van der Waals surface area contributed by atoms with Crippen molar-refractivity contribution in [3.8, 4) is 44.5 Å². The van der Waals surface area contributed by atoms with Gasteiger partial charge in [-0.3, -0.25) is 9.59 Å². The Morgan fingerprint density at radius 2 is 0.710 bits per heavy atom. The van der Waals surface area contributed by atoms with Crippen LogP contribution in [0.2, 0.25) is 0 Å². The van der Waals surface area contributed by atoms with Gasteiger partial charge in [0.1, 0.15) is 12.6 Å². The first-order valence-electron chi connectivity index (χ1n) is 20.2. The zero-order chi connectivity index (χ0) is 42.7. The van der Waals surface area contributed by atoms with Gasteiger partial charge in [-0.1, -0.05) is 72.8 Å². The van der Waals surface area contributed by atoms with Crippen LogP contribution >= 0.6 is 0 Å². The first-order chi connectivity index (χ1) is 30.3. The molecule has 9 rings (SSSR count). The van der Waals surface area contributed by atoms with Gasteiger partial charge in [0.25, 0.3) is 0 Å². The second-order valence-corrected chi connectivity index (χ2v) is 14.6. The van der Waals surface area contributed by atoms with E-state index in [0.29, 0.717) is 45.0 Å². The molecular weight excluding hydrogens is 777 g/mol. The predicted octanol–water partition coefficient (Wildman–Crippen LogP) is 11.3. The van der Waals surface area contributed by atoms with Crippen LogP contribution in [0.4, 0.5) is 0 Å². The van der Waals surface area contributed by atoms with Gasteiger partial charge in [0.2, 0.25) is 0 Å². The van der Waals surface area contributed by atoms with Crippen LogP contribution in [-0.2, 0) is 9.47 Å². The predicted molar refractivity (Wildman–Crippen MR) is 243 cm³/mol. The minimum atomic E-state index is -0.404. The molecule has 0 saturated carbocycles. The molecule has 5 heterocycles. The van der Waals surface area contributed by atoms with Crippen LogP contribution in [0, 0.1) is 0 Å². The third-order valence-electron chi connectivity index (χ3n) is 10.8. The number of rotatable bonds is 10. The molecule has 0 saturated heterocycles. The lowest BCUT2D eigenvalue weighted by Crippen LogP contribution is -2.04. The summed E-state index contributed by atoms with van der Waals surface area (Å²) in [6.07, 6.45) is 9.53. The molecule has 2 aliphatic rings. The normalized spacial score (nSPS) is 11.6. The fourth-order valence-corrected chi connectivity index (χ4v) is 7.85. The molecule has 302 valence electrons. The third-order valence-corrected chi connectivity index (χ3v) is 10.8. The van der Waals surface area contributed by atoms with Crippen LogP contribution in [0.1, 0.15) is 78.1 Å². The second-order valence-electron chi connectivity index (χ2n) is 14.6. The zero-order valence-corrected chi connectivity index (χ0v) is 33.8. The summed E-state index contributed by atoms with van der Waals surface area (Å²) in [7, 11) is 0. The van der Waals surface area contributed by atoms with E-state index in [1.165, 1.54) is 0 Å². The van der Waals surface area contributed by atoms with Crippen LogP contribution in [0.5, 0.6) is 0 Å². The monoisotopic (exact) mass is 814 g/mol. The Labute approximate surface area is 356 Å². The van der Waals surface area contributed by atoms with Crippen LogP contribution in [0.15, 0.2) is 121 Å². The summed E-state index contributed by atoms with van der Waals surface area (Å²) in [6, 6.07) is 37.3. The van der Waals surface area contributed by atoms with E-state index in [-0.39, 0.29) is 13.2 Å². The van der Waals surface area contributed by atoms with Crippen molar-refractivity contribution in [2.75, 3.05) is 13.2 Å². The Morgan fingerprint density at radius 1 is 0.435 bits per heavy atom. The third kappa shape index (κ3) is 7.45. The standard InChI is InChI=1S/C52H38N4O6/c1-3-61-51(59)37-17-13-35(14-18-37)49-43-25-21-39(53-43)47(33-9-5-31(29-57)6-10-33)41-23-27-45(55-41)50(36-15-19-38(20-16-36)52(60)62-4-2)46-28-24-42(56-46)48(40-22-26-44(49)54-40)34-11-7-32(30-58)8-12-34/h5-30,53,56H,3-4H2,1-2H3. The maximum absolute atomic E-state index is 12.7. The number of esters is 2. The highest BCUT2D eigenvalue weighted by Gasteiger charge is 2.20. The fourth-order valence-electron chi connectivity index (χ4n) is 7.85. The van der Waals surface area contributed by atoms with Gasteiger partial charge >= 0.3 is 11.9 Å². The highest BCUT2D eigenvalue weighted by molar-refractivity contribution is 6.01. The molecule has 0 amide bonds. The highest BCUT2D eigenvalue weighted by atomic mass is 16.5. The first kappa shape index (κ1) is 39.2. The highest BCUT2D eigenvalue weighted by Crippen LogP contribution is 2.38. The molecule has 10 heteroatoms. The van der Waals surface area contributed by atoms with E-state index in [2.05, 4.69) is 9.97 Å². The molecule has 3 aromatic heterocycles. The SMILES string of the molecule is CCOC(=O)c1ccc(-c2c3nc(c(-c4ccc(C=O)cc4)c4ccc([nH]4)c(-c4ccc(C(=O)OCC)cc4)c4nc(c(-c5ccc(C=O)cc5)c5ccc2[nH]5)C=C4)C=C3)cc1. The number of nitrogens with one attached hydrogen (secondary N) is 2. The van der Waals surface area contributed by atoms with Crippen molar-refractivity contribution in [2.45, 2.75) is 13.8 Å². The van der Waals surface area contributed by atoms with Crippen molar-refractivity contribution >= 4 is 70.9 Å². The number of aldehydes is 2. The summed E-state index contributed by atoms with van der Waals surface area (Å²) in [5, 5.41) is 0. The van der Waals surface area contributed by atoms with Gasteiger partial charge in [0.05, 0.1) is 47.1 Å². The Bertz CT molecular complexity index is 2920. The van der Waals surface area contributed by atoms with Gasteiger partial charge in [0, 0.05) is 55.4 Å². The summed E-state index contributed by atoms with van der Waals surface area (Å²) < 4.78 is 10.5. The molecule has 0 aliphatic carbocycles. The molecule has 2 aliphatic heterocycles. The molecular formula is C52H38N4O6. The van der Waals surface area contributed by atoms with E-state index in [4.69, 9.17) is 19.4 Å². The average Bonchev–Trinajstić information content (AvgIpc) is 4.16. The van der Waals surface area contributed by atoms with Crippen molar-refractivity contribution in [3.05, 3.63) is 166 Å². The summed E-state index contributed by atoms with van der Waals surface area (Å²) in [5.41, 5.74) is 14.3. The molecule has 4 aromatic carbocycles. The molecule has 2 N–H and O–H groups in total. The zero-order valence-electron chi connectivity index (χ0n) is 33.8. The van der Waals surface area contributed by atoms with Gasteiger partial charge in [-0.2, -0.15) is 0 Å². The quantitative estimate of drug-likeness (QED) is 0.103. The summed E-state index contributed by atoms with van der Waals surface area (Å²) in [5.74, 6) is -0.808. The number of carbonyl (C=O) groups is 4. The molecule has 62 heavy (non-hydrogen) atoms. The molecule has 10 nitrogen and oxygen atoms in total. The Hall–Kier alpha value is -8.24. The van der Waals surface area contributed by atoms with Crippen molar-refractivity contribution in [1.82, 2.24) is 19.9 Å². The largest absolute Gasteiger partial charge is 0.462 e. The lowest BCUT2D eigenvalue weighted by atomic mass is 10.0. The maximum atomic E-state index is 12.7. The van der Waals surface area contributed by atoms with Crippen molar-refractivity contribution in [2.24, 2.45) is 0 Å². The van der Waals surface area contributed by atoms with Gasteiger partial charge < -0.3 is 19.4 Å². The number of H-pyrrole nitrogens is 2. The smallest absolute Gasteiger partial charge is 0.338 e. The summed E-state index contributed by atoms with van der Waals surface area (Å²) in [4.78, 5) is 66.7. The number of benzene rings is 4. The first-order valence-corrected chi connectivity index (χ1v) is 20.2. The lowest BCUT2D eigenvalue weighted by molar-refractivity contribution is 0.0517. The molecule has 0 fully saturated rings. The number of hydrogen-bond donors (Lipinski definition) is 2. The fraction of sp³-hybridized carbons (Fsp3) is 0.0769. The van der Waals surface area contributed by atoms with Gasteiger partial charge in [-0.05, 0) is 109 Å². The number of ether oxygens (including phenoxy) is 2. The number of aromatic amines is 2. The van der Waals surface area contributed by atoms with E-state index in [0.717, 1.165) is 79.1 Å². The maximum Gasteiger partial charge on any atom is 0.338 e. The minimum Gasteiger partial charge on any atom is -0.462 e. The molecule has 8 bridgehead atoms. The van der Waals surface area contributed by atoms with Crippen LogP contribution in [0.3, 0.4) is 0 Å². The van der Waals surface area contributed by atoms with Crippen molar-refractivity contribution in [1.29, 1.82) is 0 Å². The van der Waals surface area contributed by atoms with E-state index >= 15 is 0 Å². The number of nitrogens with zero attached hydrogens (tertiary/aromatic N) is 2. The Morgan fingerprint density at radius 3 is 0.968 bits per heavy atom. The van der Waals surface area contributed by atoms with E-state index in [9.17, 15) is 19.2 Å². The van der Waals surface area contributed by atoms with Crippen LogP contribution < -0.4 is 0 Å². The molecule has 7 aromatic rings. The molecule has 0 unspecified atom stereocenters. The molecule has 0 radical (unpaired) electrons. The van der Waals surface area contributed by atoms with Crippen molar-refractivity contribution in [3.63, 3.8) is 0 Å². The van der Waals surface area contributed by atoms with E-state index < -0.39 is 11.9 Å².